The number of likely N-dealkylation sites (tertiary alicyclic amines) is 1. The third-order valence-corrected chi connectivity index (χ3v) is 3.96. The first-order valence-electron chi connectivity index (χ1n) is 5.83. The van der Waals surface area contributed by atoms with Crippen molar-refractivity contribution < 1.29 is 4.79 Å². The van der Waals surface area contributed by atoms with Crippen molar-refractivity contribution in [3.8, 4) is 12.3 Å². The molecule has 2 aliphatic rings. The first kappa shape index (κ1) is 10.7. The molecule has 2 fully saturated rings. The molecule has 1 aliphatic carbocycles. The molecule has 15 heavy (non-hydrogen) atoms. The van der Waals surface area contributed by atoms with E-state index < -0.39 is 0 Å². The van der Waals surface area contributed by atoms with Gasteiger partial charge in [-0.1, -0.05) is 12.3 Å². The van der Waals surface area contributed by atoms with Gasteiger partial charge in [-0.2, -0.15) is 0 Å². The van der Waals surface area contributed by atoms with Crippen LogP contribution in [0.5, 0.6) is 0 Å². The SMILES string of the molecule is C#CC(C)(C)N1CCC(=O)[C@H]2CCC[C@@H]21. The highest BCUT2D eigenvalue weighted by Crippen LogP contribution is 2.38. The molecule has 1 heterocycles. The summed E-state index contributed by atoms with van der Waals surface area (Å²) in [5.74, 6) is 3.58. The summed E-state index contributed by atoms with van der Waals surface area (Å²) < 4.78 is 0. The van der Waals surface area contributed by atoms with E-state index in [1.807, 2.05) is 0 Å². The summed E-state index contributed by atoms with van der Waals surface area (Å²) in [5, 5.41) is 0. The Morgan fingerprint density at radius 2 is 2.20 bits per heavy atom. The molecule has 82 valence electrons. The van der Waals surface area contributed by atoms with E-state index in [2.05, 4.69) is 24.7 Å². The molecule has 2 heteroatoms. The highest BCUT2D eigenvalue weighted by atomic mass is 16.1. The number of ketones is 1. The van der Waals surface area contributed by atoms with Crippen molar-refractivity contribution in [1.82, 2.24) is 4.90 Å². The normalized spacial score (nSPS) is 32.5. The van der Waals surface area contributed by atoms with Crippen LogP contribution in [0.1, 0.15) is 39.5 Å². The second-order valence-electron chi connectivity index (χ2n) is 5.22. The van der Waals surface area contributed by atoms with Crippen molar-refractivity contribution in [2.24, 2.45) is 5.92 Å². The van der Waals surface area contributed by atoms with E-state index in [0.717, 1.165) is 19.4 Å². The van der Waals surface area contributed by atoms with Crippen LogP contribution in [-0.4, -0.2) is 28.8 Å². The minimum absolute atomic E-state index is 0.200. The fraction of sp³-hybridized carbons (Fsp3) is 0.769. The number of hydrogen-bond acceptors (Lipinski definition) is 2. The minimum Gasteiger partial charge on any atom is -0.299 e. The Labute approximate surface area is 92.0 Å². The number of carbonyl (C=O) groups is 1. The zero-order chi connectivity index (χ0) is 11.1. The molecule has 0 spiro atoms. The lowest BCUT2D eigenvalue weighted by Crippen LogP contribution is -2.55. The zero-order valence-corrected chi connectivity index (χ0v) is 9.62. The maximum Gasteiger partial charge on any atom is 0.138 e. The maximum absolute atomic E-state index is 11.8. The molecule has 0 aromatic carbocycles. The Hall–Kier alpha value is -0.810. The molecule has 0 aromatic heterocycles. The summed E-state index contributed by atoms with van der Waals surface area (Å²) in [6.45, 7) is 5.01. The lowest BCUT2D eigenvalue weighted by molar-refractivity contribution is -0.129. The number of fused-ring (bicyclic) bond motifs is 1. The van der Waals surface area contributed by atoms with Gasteiger partial charge in [0.15, 0.2) is 0 Å². The van der Waals surface area contributed by atoms with E-state index in [1.54, 1.807) is 0 Å². The van der Waals surface area contributed by atoms with Gasteiger partial charge >= 0.3 is 0 Å². The molecule has 1 aliphatic heterocycles. The molecule has 0 unspecified atom stereocenters. The van der Waals surface area contributed by atoms with Gasteiger partial charge in [-0.25, -0.2) is 0 Å². The minimum atomic E-state index is -0.200. The van der Waals surface area contributed by atoms with Crippen LogP contribution < -0.4 is 0 Å². The predicted molar refractivity (Wildman–Crippen MR) is 60.4 cm³/mol. The van der Waals surface area contributed by atoms with Gasteiger partial charge in [0.05, 0.1) is 5.54 Å². The summed E-state index contributed by atoms with van der Waals surface area (Å²) in [6.07, 6.45) is 9.65. The molecular formula is C13H19NO. The average Bonchev–Trinajstić information content (AvgIpc) is 2.67. The summed E-state index contributed by atoms with van der Waals surface area (Å²) >= 11 is 0. The van der Waals surface area contributed by atoms with Crippen molar-refractivity contribution in [2.45, 2.75) is 51.1 Å². The molecule has 0 N–H and O–H groups in total. The van der Waals surface area contributed by atoms with Crippen molar-refractivity contribution in [2.75, 3.05) is 6.54 Å². The van der Waals surface area contributed by atoms with E-state index in [-0.39, 0.29) is 11.5 Å². The van der Waals surface area contributed by atoms with Gasteiger partial charge in [0.25, 0.3) is 0 Å². The largest absolute Gasteiger partial charge is 0.299 e. The lowest BCUT2D eigenvalue weighted by atomic mass is 9.86. The van der Waals surface area contributed by atoms with E-state index in [9.17, 15) is 4.79 Å². The van der Waals surface area contributed by atoms with Crippen LogP contribution in [-0.2, 0) is 4.79 Å². The lowest BCUT2D eigenvalue weighted by Gasteiger charge is -2.44. The highest BCUT2D eigenvalue weighted by Gasteiger charge is 2.44. The fourth-order valence-electron chi connectivity index (χ4n) is 3.05. The molecule has 2 atom stereocenters. The maximum atomic E-state index is 11.8. The predicted octanol–water partition coefficient (Wildman–Crippen LogP) is 1.84. The molecule has 0 radical (unpaired) electrons. The summed E-state index contributed by atoms with van der Waals surface area (Å²) in [7, 11) is 0. The van der Waals surface area contributed by atoms with E-state index in [4.69, 9.17) is 6.42 Å². The topological polar surface area (TPSA) is 20.3 Å². The van der Waals surface area contributed by atoms with E-state index in [1.165, 1.54) is 6.42 Å². The van der Waals surface area contributed by atoms with Crippen molar-refractivity contribution in [3.63, 3.8) is 0 Å². The van der Waals surface area contributed by atoms with Crippen molar-refractivity contribution in [3.05, 3.63) is 0 Å². The Bertz CT molecular complexity index is 313. The number of Topliss-reactive ketones (excluding diaryl/α,β-unsaturated/α-hetero) is 1. The van der Waals surface area contributed by atoms with Gasteiger partial charge in [0.1, 0.15) is 5.78 Å². The van der Waals surface area contributed by atoms with Gasteiger partial charge in [-0.05, 0) is 26.7 Å². The molecule has 2 rings (SSSR count). The number of rotatable bonds is 1. The molecule has 1 saturated carbocycles. The number of terminal acetylenes is 1. The first-order chi connectivity index (χ1) is 7.06. The van der Waals surface area contributed by atoms with Crippen LogP contribution >= 0.6 is 0 Å². The Morgan fingerprint density at radius 1 is 1.47 bits per heavy atom. The number of piperidine rings is 1. The molecule has 0 aromatic rings. The standard InChI is InChI=1S/C13H19NO/c1-4-13(2,3)14-9-8-12(15)10-6-5-7-11(10)14/h1,10-11H,5-9H2,2-3H3/t10-,11-/m0/s1. The monoisotopic (exact) mass is 205 g/mol. The number of hydrogen-bond donors (Lipinski definition) is 0. The second-order valence-corrected chi connectivity index (χ2v) is 5.22. The van der Waals surface area contributed by atoms with Gasteiger partial charge < -0.3 is 0 Å². The summed E-state index contributed by atoms with van der Waals surface area (Å²) in [5.41, 5.74) is -0.200. The molecule has 2 nitrogen and oxygen atoms in total. The summed E-state index contributed by atoms with van der Waals surface area (Å²) in [6, 6.07) is 0.414. The summed E-state index contributed by atoms with van der Waals surface area (Å²) in [4.78, 5) is 14.1. The van der Waals surface area contributed by atoms with Crippen LogP contribution in [0.3, 0.4) is 0 Å². The van der Waals surface area contributed by atoms with Gasteiger partial charge in [0.2, 0.25) is 0 Å². The first-order valence-corrected chi connectivity index (χ1v) is 5.83. The molecule has 0 bridgehead atoms. The fourth-order valence-corrected chi connectivity index (χ4v) is 3.05. The van der Waals surface area contributed by atoms with Crippen LogP contribution in [0.2, 0.25) is 0 Å². The second kappa shape index (κ2) is 3.64. The van der Waals surface area contributed by atoms with Crippen LogP contribution in [0.25, 0.3) is 0 Å². The van der Waals surface area contributed by atoms with Crippen molar-refractivity contribution in [1.29, 1.82) is 0 Å². The quantitative estimate of drug-likeness (QED) is 0.609. The van der Waals surface area contributed by atoms with Crippen LogP contribution in [0.4, 0.5) is 0 Å². The Morgan fingerprint density at radius 3 is 2.87 bits per heavy atom. The third kappa shape index (κ3) is 1.70. The smallest absolute Gasteiger partial charge is 0.138 e. The van der Waals surface area contributed by atoms with E-state index >= 15 is 0 Å². The van der Waals surface area contributed by atoms with Gasteiger partial charge in [-0.3, -0.25) is 9.69 Å². The molecule has 0 amide bonds. The Kier molecular flexibility index (Phi) is 2.60. The van der Waals surface area contributed by atoms with Crippen LogP contribution in [0, 0.1) is 18.3 Å². The zero-order valence-electron chi connectivity index (χ0n) is 9.62. The van der Waals surface area contributed by atoms with Crippen LogP contribution in [0.15, 0.2) is 0 Å². The Balaban J connectivity index is 2.22. The third-order valence-electron chi connectivity index (χ3n) is 3.96. The van der Waals surface area contributed by atoms with E-state index in [0.29, 0.717) is 18.2 Å². The van der Waals surface area contributed by atoms with Gasteiger partial charge in [0, 0.05) is 24.9 Å². The number of nitrogens with zero attached hydrogens (tertiary/aromatic N) is 1. The average molecular weight is 205 g/mol. The van der Waals surface area contributed by atoms with Gasteiger partial charge in [-0.15, -0.1) is 6.42 Å². The highest BCUT2D eigenvalue weighted by molar-refractivity contribution is 5.83. The molecule has 1 saturated heterocycles. The molecular weight excluding hydrogens is 186 g/mol. The van der Waals surface area contributed by atoms with Crippen molar-refractivity contribution >= 4 is 5.78 Å². The number of carbonyl (C=O) groups excluding carboxylic acids is 1.